The first-order chi connectivity index (χ1) is 11.8. The first-order valence-corrected chi connectivity index (χ1v) is 9.18. The Morgan fingerprint density at radius 2 is 2.04 bits per heavy atom. The molecule has 0 aliphatic carbocycles. The molecule has 0 spiro atoms. The van der Waals surface area contributed by atoms with Crippen LogP contribution in [0.25, 0.3) is 0 Å². The fraction of sp³-hybridized carbons (Fsp3) is 0.650. The van der Waals surface area contributed by atoms with Crippen LogP contribution in [0.2, 0.25) is 0 Å². The number of hydrogen-bond donors (Lipinski definition) is 2. The molecule has 2 N–H and O–H groups in total. The van der Waals surface area contributed by atoms with Crippen molar-refractivity contribution < 1.29 is 9.53 Å². The lowest BCUT2D eigenvalue weighted by Gasteiger charge is -2.24. The first-order valence-electron chi connectivity index (χ1n) is 9.18. The van der Waals surface area contributed by atoms with E-state index in [4.69, 9.17) is 4.74 Å². The van der Waals surface area contributed by atoms with Gasteiger partial charge in [0.2, 0.25) is 5.91 Å². The van der Waals surface area contributed by atoms with E-state index in [1.807, 2.05) is 0 Å². The van der Waals surface area contributed by atoms with Gasteiger partial charge in [0.15, 0.2) is 0 Å². The number of methoxy groups -OCH3 is 1. The fourth-order valence-corrected chi connectivity index (χ4v) is 3.68. The van der Waals surface area contributed by atoms with Crippen LogP contribution in [0.1, 0.15) is 37.0 Å². The standard InChI is InChI=1S/C20H33N3O2/c1-13(2)11-23-12-17(9-18(23)20(24)21-5)22-10-16-7-15(4)19(25-6)8-14(16)3/h7-8,13,17-18,22H,9-12H2,1-6H3,(H,21,24)/t17-,18+/m1/s1. The van der Waals surface area contributed by atoms with Gasteiger partial charge in [-0.25, -0.2) is 0 Å². The summed E-state index contributed by atoms with van der Waals surface area (Å²) in [5, 5.41) is 6.46. The molecule has 5 nitrogen and oxygen atoms in total. The molecule has 0 radical (unpaired) electrons. The second-order valence-corrected chi connectivity index (χ2v) is 7.54. The molecular weight excluding hydrogens is 314 g/mol. The van der Waals surface area contributed by atoms with Crippen molar-refractivity contribution in [2.24, 2.45) is 5.92 Å². The Balaban J connectivity index is 2.01. The smallest absolute Gasteiger partial charge is 0.237 e. The number of likely N-dealkylation sites (N-methyl/N-ethyl adjacent to an activating group) is 1. The number of likely N-dealkylation sites (tertiary alicyclic amines) is 1. The summed E-state index contributed by atoms with van der Waals surface area (Å²) in [6.07, 6.45) is 0.862. The number of nitrogens with one attached hydrogen (secondary N) is 2. The number of ether oxygens (including phenoxy) is 1. The molecule has 0 saturated carbocycles. The van der Waals surface area contributed by atoms with Crippen molar-refractivity contribution in [2.75, 3.05) is 27.2 Å². The Bertz CT molecular complexity index is 601. The van der Waals surface area contributed by atoms with Crippen molar-refractivity contribution in [1.82, 2.24) is 15.5 Å². The van der Waals surface area contributed by atoms with Crippen LogP contribution in [0.5, 0.6) is 5.75 Å². The number of hydrogen-bond acceptors (Lipinski definition) is 4. The van der Waals surface area contributed by atoms with Gasteiger partial charge in [0.1, 0.15) is 5.75 Å². The molecule has 25 heavy (non-hydrogen) atoms. The Morgan fingerprint density at radius 1 is 1.32 bits per heavy atom. The van der Waals surface area contributed by atoms with Crippen LogP contribution in [0.3, 0.4) is 0 Å². The van der Waals surface area contributed by atoms with Gasteiger partial charge in [0.25, 0.3) is 0 Å². The largest absolute Gasteiger partial charge is 0.496 e. The molecule has 1 aromatic carbocycles. The Kier molecular flexibility index (Phi) is 6.85. The van der Waals surface area contributed by atoms with E-state index in [0.29, 0.717) is 12.0 Å². The summed E-state index contributed by atoms with van der Waals surface area (Å²) in [5.74, 6) is 1.61. The zero-order chi connectivity index (χ0) is 18.6. The minimum absolute atomic E-state index is 0.0244. The van der Waals surface area contributed by atoms with Crippen LogP contribution in [0, 0.1) is 19.8 Å². The summed E-state index contributed by atoms with van der Waals surface area (Å²) in [5.41, 5.74) is 3.67. The van der Waals surface area contributed by atoms with Gasteiger partial charge >= 0.3 is 0 Å². The molecule has 2 rings (SSSR count). The van der Waals surface area contributed by atoms with E-state index in [0.717, 1.165) is 37.4 Å². The maximum absolute atomic E-state index is 12.2. The molecule has 1 heterocycles. The molecule has 2 atom stereocenters. The molecule has 1 aliphatic rings. The maximum Gasteiger partial charge on any atom is 0.237 e. The van der Waals surface area contributed by atoms with E-state index < -0.39 is 0 Å². The minimum Gasteiger partial charge on any atom is -0.496 e. The third-order valence-corrected chi connectivity index (χ3v) is 4.99. The van der Waals surface area contributed by atoms with Crippen molar-refractivity contribution in [2.45, 2.75) is 52.7 Å². The van der Waals surface area contributed by atoms with Crippen molar-refractivity contribution in [3.05, 3.63) is 28.8 Å². The quantitative estimate of drug-likeness (QED) is 0.794. The zero-order valence-corrected chi connectivity index (χ0v) is 16.5. The maximum atomic E-state index is 12.2. The lowest BCUT2D eigenvalue weighted by molar-refractivity contribution is -0.125. The zero-order valence-electron chi connectivity index (χ0n) is 16.5. The van der Waals surface area contributed by atoms with Crippen LogP contribution >= 0.6 is 0 Å². The average Bonchev–Trinajstić information content (AvgIpc) is 2.96. The lowest BCUT2D eigenvalue weighted by Crippen LogP contribution is -2.43. The number of rotatable bonds is 7. The van der Waals surface area contributed by atoms with Gasteiger partial charge in [-0.1, -0.05) is 19.9 Å². The molecule has 1 fully saturated rings. The van der Waals surface area contributed by atoms with Crippen LogP contribution < -0.4 is 15.4 Å². The van der Waals surface area contributed by atoms with Crippen molar-refractivity contribution in [3.63, 3.8) is 0 Å². The van der Waals surface area contributed by atoms with E-state index in [1.54, 1.807) is 14.2 Å². The Morgan fingerprint density at radius 3 is 2.64 bits per heavy atom. The number of benzene rings is 1. The fourth-order valence-electron chi connectivity index (χ4n) is 3.68. The number of aryl methyl sites for hydroxylation is 2. The van der Waals surface area contributed by atoms with Gasteiger partial charge in [-0.05, 0) is 48.9 Å². The second-order valence-electron chi connectivity index (χ2n) is 7.54. The van der Waals surface area contributed by atoms with E-state index in [9.17, 15) is 4.79 Å². The molecule has 1 amide bonds. The molecule has 0 aromatic heterocycles. The molecule has 5 heteroatoms. The van der Waals surface area contributed by atoms with E-state index in [-0.39, 0.29) is 11.9 Å². The summed E-state index contributed by atoms with van der Waals surface area (Å²) in [7, 11) is 3.43. The van der Waals surface area contributed by atoms with Gasteiger partial charge in [-0.15, -0.1) is 0 Å². The van der Waals surface area contributed by atoms with Gasteiger partial charge < -0.3 is 15.4 Å². The van der Waals surface area contributed by atoms with E-state index >= 15 is 0 Å². The first kappa shape index (κ1) is 19.7. The highest BCUT2D eigenvalue weighted by Gasteiger charge is 2.36. The average molecular weight is 348 g/mol. The molecular formula is C20H33N3O2. The third-order valence-electron chi connectivity index (χ3n) is 4.99. The van der Waals surface area contributed by atoms with Crippen LogP contribution in [0.15, 0.2) is 12.1 Å². The van der Waals surface area contributed by atoms with Crippen molar-refractivity contribution in [1.29, 1.82) is 0 Å². The summed E-state index contributed by atoms with van der Waals surface area (Å²) >= 11 is 0. The van der Waals surface area contributed by atoms with E-state index in [1.165, 1.54) is 11.1 Å². The SMILES string of the molecule is CNC(=O)[C@@H]1C[C@@H](NCc2cc(C)c(OC)cc2C)CN1CC(C)C. The van der Waals surface area contributed by atoms with Crippen LogP contribution in [-0.4, -0.2) is 50.1 Å². The second kappa shape index (κ2) is 8.68. The van der Waals surface area contributed by atoms with Gasteiger partial charge in [0, 0.05) is 32.7 Å². The normalized spacial score (nSPS) is 20.9. The predicted octanol–water partition coefficient (Wildman–Crippen LogP) is 2.25. The summed E-state index contributed by atoms with van der Waals surface area (Å²) in [6, 6.07) is 4.60. The highest BCUT2D eigenvalue weighted by Crippen LogP contribution is 2.24. The van der Waals surface area contributed by atoms with Crippen molar-refractivity contribution in [3.8, 4) is 5.75 Å². The van der Waals surface area contributed by atoms with Gasteiger partial charge in [-0.3, -0.25) is 9.69 Å². The lowest BCUT2D eigenvalue weighted by atomic mass is 10.0. The number of carbonyl (C=O) groups excluding carboxylic acids is 1. The molecule has 1 saturated heterocycles. The molecule has 1 aromatic rings. The highest BCUT2D eigenvalue weighted by molar-refractivity contribution is 5.81. The number of carbonyl (C=O) groups is 1. The van der Waals surface area contributed by atoms with Gasteiger partial charge in [0.05, 0.1) is 13.2 Å². The van der Waals surface area contributed by atoms with Gasteiger partial charge in [-0.2, -0.15) is 0 Å². The predicted molar refractivity (Wildman–Crippen MR) is 102 cm³/mol. The van der Waals surface area contributed by atoms with Crippen LogP contribution in [-0.2, 0) is 11.3 Å². The summed E-state index contributed by atoms with van der Waals surface area (Å²) in [6.45, 7) is 11.3. The molecule has 140 valence electrons. The topological polar surface area (TPSA) is 53.6 Å². The summed E-state index contributed by atoms with van der Waals surface area (Å²) < 4.78 is 5.39. The third kappa shape index (κ3) is 4.95. The molecule has 1 aliphatic heterocycles. The van der Waals surface area contributed by atoms with E-state index in [2.05, 4.69) is 55.4 Å². The monoisotopic (exact) mass is 347 g/mol. The molecule has 0 unspecified atom stereocenters. The number of amides is 1. The highest BCUT2D eigenvalue weighted by atomic mass is 16.5. The van der Waals surface area contributed by atoms with Crippen molar-refractivity contribution >= 4 is 5.91 Å². The Labute approximate surface area is 152 Å². The number of nitrogens with zero attached hydrogens (tertiary/aromatic N) is 1. The minimum atomic E-state index is -0.0244. The Hall–Kier alpha value is -1.59. The molecule has 0 bridgehead atoms. The summed E-state index contributed by atoms with van der Waals surface area (Å²) in [4.78, 5) is 14.5. The van der Waals surface area contributed by atoms with Crippen LogP contribution in [0.4, 0.5) is 0 Å².